The Morgan fingerprint density at radius 2 is 1.97 bits per heavy atom. The van der Waals surface area contributed by atoms with E-state index in [0.717, 1.165) is 16.7 Å². The highest BCUT2D eigenvalue weighted by Gasteiger charge is 2.39. The zero-order valence-electron chi connectivity index (χ0n) is 19.2. The van der Waals surface area contributed by atoms with E-state index in [-0.39, 0.29) is 29.9 Å². The highest BCUT2D eigenvalue weighted by atomic mass is 32.1. The molecule has 176 valence electrons. The Morgan fingerprint density at radius 1 is 1.21 bits per heavy atom. The summed E-state index contributed by atoms with van der Waals surface area (Å²) in [6.45, 7) is 4.13. The molecule has 0 spiro atoms. The maximum absolute atomic E-state index is 13.0. The summed E-state index contributed by atoms with van der Waals surface area (Å²) >= 11 is 1.33. The summed E-state index contributed by atoms with van der Waals surface area (Å²) in [4.78, 5) is 30.6. The van der Waals surface area contributed by atoms with Gasteiger partial charge < -0.3 is 21.1 Å². The molecule has 10 heteroatoms. The van der Waals surface area contributed by atoms with Crippen LogP contribution in [0.5, 0.6) is 0 Å². The van der Waals surface area contributed by atoms with Gasteiger partial charge in [0.1, 0.15) is 0 Å². The molecule has 9 nitrogen and oxygen atoms in total. The minimum absolute atomic E-state index is 0.0387. The van der Waals surface area contributed by atoms with Crippen LogP contribution in [-0.4, -0.2) is 48.4 Å². The van der Waals surface area contributed by atoms with Crippen molar-refractivity contribution in [2.45, 2.75) is 32.1 Å². The van der Waals surface area contributed by atoms with E-state index >= 15 is 0 Å². The summed E-state index contributed by atoms with van der Waals surface area (Å²) in [5.41, 5.74) is 8.70. The van der Waals surface area contributed by atoms with E-state index in [0.29, 0.717) is 17.2 Å². The lowest BCUT2D eigenvalue weighted by Crippen LogP contribution is -2.37. The predicted molar refractivity (Wildman–Crippen MR) is 130 cm³/mol. The minimum Gasteiger partial charge on any atom is -0.382 e. The van der Waals surface area contributed by atoms with Crippen LogP contribution in [0.2, 0.25) is 0 Å². The zero-order valence-corrected chi connectivity index (χ0v) is 20.0. The number of methoxy groups -OCH3 is 1. The summed E-state index contributed by atoms with van der Waals surface area (Å²) in [7, 11) is 1.61. The quantitative estimate of drug-likeness (QED) is 0.504. The third kappa shape index (κ3) is 5.13. The molecule has 2 atom stereocenters. The maximum atomic E-state index is 13.0. The van der Waals surface area contributed by atoms with Gasteiger partial charge in [-0.3, -0.25) is 9.59 Å². The Bertz CT molecular complexity index is 1210. The van der Waals surface area contributed by atoms with Crippen LogP contribution in [0.25, 0.3) is 5.57 Å². The number of hydrogen-bond acceptors (Lipinski definition) is 7. The van der Waals surface area contributed by atoms with Crippen molar-refractivity contribution in [1.29, 1.82) is 0 Å². The number of guanidine groups is 1. The first-order chi connectivity index (χ1) is 16.4. The summed E-state index contributed by atoms with van der Waals surface area (Å²) in [5.74, 6) is -0.348. The monoisotopic (exact) mass is 479 g/mol. The number of fused-ring (bicyclic) bond motifs is 1. The number of nitrogens with zero attached hydrogens (tertiary/aromatic N) is 3. The van der Waals surface area contributed by atoms with Crippen molar-refractivity contribution in [3.63, 3.8) is 0 Å². The molecule has 2 amide bonds. The molecule has 3 heterocycles. The molecule has 1 aromatic heterocycles. The van der Waals surface area contributed by atoms with Crippen molar-refractivity contribution in [1.82, 2.24) is 10.6 Å². The normalized spacial score (nSPS) is 17.8. The van der Waals surface area contributed by atoms with Gasteiger partial charge in [-0.2, -0.15) is 4.99 Å². The Balaban J connectivity index is 1.57. The summed E-state index contributed by atoms with van der Waals surface area (Å²) in [5, 5.41) is 12.0. The van der Waals surface area contributed by atoms with Crippen molar-refractivity contribution in [2.75, 3.05) is 13.7 Å². The van der Waals surface area contributed by atoms with Gasteiger partial charge in [-0.25, -0.2) is 0 Å². The number of ether oxygens (including phenoxy) is 1. The Labute approximate surface area is 201 Å². The molecule has 0 radical (unpaired) electrons. The van der Waals surface area contributed by atoms with Gasteiger partial charge in [-0.1, -0.05) is 30.3 Å². The van der Waals surface area contributed by atoms with Crippen LogP contribution in [0.1, 0.15) is 40.7 Å². The number of allylic oxidation sites excluding steroid dienone is 2. The van der Waals surface area contributed by atoms with Gasteiger partial charge in [0.15, 0.2) is 0 Å². The third-order valence-electron chi connectivity index (χ3n) is 5.24. The lowest BCUT2D eigenvalue weighted by molar-refractivity contribution is -0.554. The molecule has 1 unspecified atom stereocenters. The highest BCUT2D eigenvalue weighted by molar-refractivity contribution is 7.12. The van der Waals surface area contributed by atoms with Gasteiger partial charge in [0.2, 0.25) is 0 Å². The largest absolute Gasteiger partial charge is 0.382 e. The van der Waals surface area contributed by atoms with Crippen molar-refractivity contribution in [3.8, 4) is 0 Å². The lowest BCUT2D eigenvalue weighted by Gasteiger charge is -2.18. The van der Waals surface area contributed by atoms with E-state index < -0.39 is 6.17 Å². The molecule has 1 aromatic carbocycles. The number of carbonyl (C=O) groups is 2. The smallest absolute Gasteiger partial charge is 0.318 e. The number of azo groups is 2. The lowest BCUT2D eigenvalue weighted by atomic mass is 10.0. The number of benzene rings is 1. The molecular formula is C24H27N6O3S+. The first-order valence-corrected chi connectivity index (χ1v) is 11.8. The van der Waals surface area contributed by atoms with E-state index in [1.165, 1.54) is 16.0 Å². The van der Waals surface area contributed by atoms with Crippen molar-refractivity contribution < 1.29 is 19.0 Å². The summed E-state index contributed by atoms with van der Waals surface area (Å²) < 4.78 is 6.81. The molecule has 4 rings (SSSR count). The average Bonchev–Trinajstić information content (AvgIpc) is 3.44. The number of hydrogen-bond donors (Lipinski definition) is 3. The third-order valence-corrected chi connectivity index (χ3v) is 6.17. The van der Waals surface area contributed by atoms with E-state index in [1.54, 1.807) is 13.2 Å². The predicted octanol–water partition coefficient (Wildman–Crippen LogP) is 2.79. The molecule has 0 saturated heterocycles. The summed E-state index contributed by atoms with van der Waals surface area (Å²) in [6, 6.07) is 11.2. The fraction of sp³-hybridized carbons (Fsp3) is 0.292. The molecule has 2 aromatic rings. The zero-order chi connectivity index (χ0) is 24.2. The van der Waals surface area contributed by atoms with Gasteiger partial charge in [0, 0.05) is 30.4 Å². The Kier molecular flexibility index (Phi) is 6.99. The molecule has 2 aliphatic heterocycles. The molecule has 0 saturated carbocycles. The van der Waals surface area contributed by atoms with Crippen molar-refractivity contribution >= 4 is 34.7 Å². The van der Waals surface area contributed by atoms with Crippen molar-refractivity contribution in [2.24, 2.45) is 15.8 Å². The van der Waals surface area contributed by atoms with E-state index in [4.69, 9.17) is 10.5 Å². The SMILES string of the molecule is COC[C@H](NC(=O)c1cc(C2=CC3N=C(N)N=[N+]3C(C(=O)NC(C)C)=C2)cs1)c1ccccc1. The second kappa shape index (κ2) is 10.1. The number of thiophene rings is 1. The van der Waals surface area contributed by atoms with Crippen LogP contribution in [0.15, 0.2) is 69.7 Å². The second-order valence-corrected chi connectivity index (χ2v) is 9.13. The minimum atomic E-state index is -0.505. The number of amides is 2. The summed E-state index contributed by atoms with van der Waals surface area (Å²) in [6.07, 6.45) is 3.11. The highest BCUT2D eigenvalue weighted by Crippen LogP contribution is 2.30. The Morgan fingerprint density at radius 3 is 2.68 bits per heavy atom. The number of rotatable bonds is 8. The van der Waals surface area contributed by atoms with Crippen LogP contribution in [0, 0.1) is 0 Å². The molecule has 0 aliphatic carbocycles. The number of nitrogens with two attached hydrogens (primary N) is 1. The average molecular weight is 480 g/mol. The number of carbonyl (C=O) groups excluding carboxylic acids is 2. The first kappa shape index (κ1) is 23.5. The standard InChI is InChI=1S/C24H26N6O3S/c1-14(2)26-22(31)19-9-16(11-21-28-24(25)29-30(19)21)17-10-20(34-13-17)23(32)27-18(12-33-3)15-7-5-4-6-8-15/h4-11,13-14,18,21H,12H2,1-3H3,(H3-,25,26,27,28,31,32)/p+1/t18-,21?/m0/s1. The van der Waals surface area contributed by atoms with Crippen LogP contribution in [0.3, 0.4) is 0 Å². The van der Waals surface area contributed by atoms with E-state index in [2.05, 4.69) is 20.7 Å². The maximum Gasteiger partial charge on any atom is 0.318 e. The van der Waals surface area contributed by atoms with Crippen LogP contribution >= 0.6 is 11.3 Å². The fourth-order valence-corrected chi connectivity index (χ4v) is 4.53. The van der Waals surface area contributed by atoms with Gasteiger partial charge >= 0.3 is 12.1 Å². The van der Waals surface area contributed by atoms with Gasteiger partial charge in [0.05, 0.1) is 17.5 Å². The van der Waals surface area contributed by atoms with Crippen LogP contribution in [0.4, 0.5) is 0 Å². The van der Waals surface area contributed by atoms with Crippen LogP contribution in [-0.2, 0) is 9.53 Å². The van der Waals surface area contributed by atoms with E-state index in [9.17, 15) is 9.59 Å². The van der Waals surface area contributed by atoms with Gasteiger partial charge in [0.25, 0.3) is 17.6 Å². The number of nitrogens with one attached hydrogen (secondary N) is 2. The second-order valence-electron chi connectivity index (χ2n) is 8.22. The fourth-order valence-electron chi connectivity index (χ4n) is 3.71. The molecular weight excluding hydrogens is 452 g/mol. The Hall–Kier alpha value is -3.63. The van der Waals surface area contributed by atoms with Gasteiger partial charge in [-0.15, -0.1) is 11.3 Å². The van der Waals surface area contributed by atoms with Crippen LogP contribution < -0.4 is 16.4 Å². The molecule has 0 fully saturated rings. The number of aliphatic imine (C=N–C) groups is 1. The molecule has 4 N–H and O–H groups in total. The topological polar surface area (TPSA) is 121 Å². The van der Waals surface area contributed by atoms with Gasteiger partial charge in [-0.05, 0) is 46.7 Å². The molecule has 34 heavy (non-hydrogen) atoms. The molecule has 0 bridgehead atoms. The van der Waals surface area contributed by atoms with E-state index in [1.807, 2.05) is 61.7 Å². The van der Waals surface area contributed by atoms with Crippen molar-refractivity contribution in [3.05, 3.63) is 75.6 Å². The first-order valence-electron chi connectivity index (χ1n) is 10.9. The molecule has 2 aliphatic rings.